The third-order valence-electron chi connectivity index (χ3n) is 4.51. The second-order valence-electron chi connectivity index (χ2n) is 6.04. The lowest BCUT2D eigenvalue weighted by Gasteiger charge is -2.19. The first kappa shape index (κ1) is 14.7. The molecule has 2 N–H and O–H groups in total. The molecule has 3 unspecified atom stereocenters. The Morgan fingerprint density at radius 3 is 2.72 bits per heavy atom. The van der Waals surface area contributed by atoms with Gasteiger partial charge < -0.3 is 10.4 Å². The number of nitrogens with one attached hydrogen (secondary N) is 1. The Balaban J connectivity index is 1.56. The molecule has 0 saturated heterocycles. The number of aliphatic hydroxyl groups excluding tert-OH is 1. The largest absolute Gasteiger partial charge is 0.392 e. The fourth-order valence-electron chi connectivity index (χ4n) is 3.53. The van der Waals surface area contributed by atoms with E-state index in [1.807, 2.05) is 0 Å². The van der Waals surface area contributed by atoms with E-state index in [0.29, 0.717) is 6.04 Å². The van der Waals surface area contributed by atoms with Crippen molar-refractivity contribution in [2.45, 2.75) is 75.7 Å². The fourth-order valence-corrected chi connectivity index (χ4v) is 4.67. The topological polar surface area (TPSA) is 32.3 Å². The van der Waals surface area contributed by atoms with Gasteiger partial charge in [0.1, 0.15) is 0 Å². The molecule has 0 spiro atoms. The second-order valence-corrected chi connectivity index (χ2v) is 7.61. The molecule has 3 heteroatoms. The van der Waals surface area contributed by atoms with Crippen LogP contribution in [0.15, 0.2) is 0 Å². The first-order valence-corrected chi connectivity index (χ1v) is 8.85. The van der Waals surface area contributed by atoms with E-state index >= 15 is 0 Å². The summed E-state index contributed by atoms with van der Waals surface area (Å²) >= 11 is 2.10. The molecule has 2 aliphatic carbocycles. The number of hydrogen-bond acceptors (Lipinski definition) is 3. The van der Waals surface area contributed by atoms with Crippen LogP contribution in [0.3, 0.4) is 0 Å². The monoisotopic (exact) mass is 271 g/mol. The number of aliphatic hydroxyl groups is 1. The lowest BCUT2D eigenvalue weighted by Crippen LogP contribution is -2.35. The van der Waals surface area contributed by atoms with Crippen molar-refractivity contribution >= 4 is 11.8 Å². The molecular formula is C15H29NOS. The molecule has 0 heterocycles. The molecule has 0 aromatic heterocycles. The SMILES string of the molecule is CCSC1CCC(NCC(O)CC2CCCC2)C1. The van der Waals surface area contributed by atoms with Gasteiger partial charge in [-0.15, -0.1) is 0 Å². The highest BCUT2D eigenvalue weighted by Crippen LogP contribution is 2.30. The van der Waals surface area contributed by atoms with Crippen molar-refractivity contribution in [1.82, 2.24) is 5.32 Å². The number of thioether (sulfide) groups is 1. The van der Waals surface area contributed by atoms with Crippen LogP contribution in [-0.2, 0) is 0 Å². The molecule has 0 aromatic rings. The second kappa shape index (κ2) is 7.76. The van der Waals surface area contributed by atoms with E-state index < -0.39 is 0 Å². The lowest BCUT2D eigenvalue weighted by atomic mass is 10.00. The molecule has 2 aliphatic rings. The molecule has 2 fully saturated rings. The quantitative estimate of drug-likeness (QED) is 0.746. The summed E-state index contributed by atoms with van der Waals surface area (Å²) in [5.41, 5.74) is 0. The molecule has 0 radical (unpaired) electrons. The van der Waals surface area contributed by atoms with E-state index in [-0.39, 0.29) is 6.10 Å². The molecule has 2 saturated carbocycles. The van der Waals surface area contributed by atoms with Crippen molar-refractivity contribution in [2.24, 2.45) is 5.92 Å². The Labute approximate surface area is 116 Å². The molecule has 3 atom stereocenters. The van der Waals surface area contributed by atoms with Crippen LogP contribution in [0.25, 0.3) is 0 Å². The van der Waals surface area contributed by atoms with Gasteiger partial charge in [0.15, 0.2) is 0 Å². The van der Waals surface area contributed by atoms with Gasteiger partial charge in [-0.25, -0.2) is 0 Å². The maximum atomic E-state index is 10.1. The van der Waals surface area contributed by atoms with Gasteiger partial charge >= 0.3 is 0 Å². The van der Waals surface area contributed by atoms with Crippen molar-refractivity contribution in [2.75, 3.05) is 12.3 Å². The summed E-state index contributed by atoms with van der Waals surface area (Å²) < 4.78 is 0. The van der Waals surface area contributed by atoms with Crippen LogP contribution in [-0.4, -0.2) is 34.8 Å². The van der Waals surface area contributed by atoms with Crippen molar-refractivity contribution in [3.63, 3.8) is 0 Å². The maximum Gasteiger partial charge on any atom is 0.0667 e. The van der Waals surface area contributed by atoms with Gasteiger partial charge in [0.25, 0.3) is 0 Å². The van der Waals surface area contributed by atoms with Crippen LogP contribution in [0, 0.1) is 5.92 Å². The first-order chi connectivity index (χ1) is 8.78. The number of rotatable bonds is 7. The molecule has 0 aromatic carbocycles. The van der Waals surface area contributed by atoms with Crippen LogP contribution < -0.4 is 5.32 Å². The van der Waals surface area contributed by atoms with E-state index in [4.69, 9.17) is 0 Å². The predicted octanol–water partition coefficient (Wildman–Crippen LogP) is 3.19. The molecule has 0 bridgehead atoms. The van der Waals surface area contributed by atoms with Gasteiger partial charge in [0, 0.05) is 17.8 Å². The highest BCUT2D eigenvalue weighted by Gasteiger charge is 2.25. The third-order valence-corrected chi connectivity index (χ3v) is 5.74. The van der Waals surface area contributed by atoms with Gasteiger partial charge in [-0.3, -0.25) is 0 Å². The van der Waals surface area contributed by atoms with Crippen LogP contribution in [0.5, 0.6) is 0 Å². The zero-order valence-electron chi connectivity index (χ0n) is 11.7. The fraction of sp³-hybridized carbons (Fsp3) is 1.00. The Morgan fingerprint density at radius 1 is 1.22 bits per heavy atom. The van der Waals surface area contributed by atoms with E-state index in [1.54, 1.807) is 0 Å². The molecule has 0 aliphatic heterocycles. The molecule has 106 valence electrons. The smallest absolute Gasteiger partial charge is 0.0667 e. The predicted molar refractivity (Wildman–Crippen MR) is 80.1 cm³/mol. The van der Waals surface area contributed by atoms with Crippen molar-refractivity contribution in [1.29, 1.82) is 0 Å². The first-order valence-electron chi connectivity index (χ1n) is 7.81. The minimum absolute atomic E-state index is 0.119. The Kier molecular flexibility index (Phi) is 6.33. The lowest BCUT2D eigenvalue weighted by molar-refractivity contribution is 0.137. The van der Waals surface area contributed by atoms with Gasteiger partial charge in [-0.05, 0) is 37.4 Å². The molecule has 18 heavy (non-hydrogen) atoms. The van der Waals surface area contributed by atoms with E-state index in [1.165, 1.54) is 50.7 Å². The Hall–Kier alpha value is 0.270. The van der Waals surface area contributed by atoms with E-state index in [2.05, 4.69) is 24.0 Å². The van der Waals surface area contributed by atoms with Crippen LogP contribution >= 0.6 is 11.8 Å². The van der Waals surface area contributed by atoms with Crippen molar-refractivity contribution in [3.05, 3.63) is 0 Å². The van der Waals surface area contributed by atoms with Crippen LogP contribution in [0.4, 0.5) is 0 Å². The van der Waals surface area contributed by atoms with Gasteiger partial charge in [-0.2, -0.15) is 11.8 Å². The third kappa shape index (κ3) is 4.75. The van der Waals surface area contributed by atoms with Crippen molar-refractivity contribution < 1.29 is 5.11 Å². The summed E-state index contributed by atoms with van der Waals surface area (Å²) in [7, 11) is 0. The standard InChI is InChI=1S/C15H29NOS/c1-2-18-15-8-7-13(10-15)16-11-14(17)9-12-5-3-4-6-12/h12-17H,2-11H2,1H3. The van der Waals surface area contributed by atoms with Crippen LogP contribution in [0.1, 0.15) is 58.3 Å². The Morgan fingerprint density at radius 2 is 2.00 bits per heavy atom. The summed E-state index contributed by atoms with van der Waals surface area (Å²) in [5, 5.41) is 14.5. The highest BCUT2D eigenvalue weighted by molar-refractivity contribution is 7.99. The highest BCUT2D eigenvalue weighted by atomic mass is 32.2. The zero-order chi connectivity index (χ0) is 12.8. The summed E-state index contributed by atoms with van der Waals surface area (Å²) in [6, 6.07) is 0.660. The maximum absolute atomic E-state index is 10.1. The average Bonchev–Trinajstić information content (AvgIpc) is 2.99. The van der Waals surface area contributed by atoms with Crippen molar-refractivity contribution in [3.8, 4) is 0 Å². The molecule has 2 nitrogen and oxygen atoms in total. The summed E-state index contributed by atoms with van der Waals surface area (Å²) in [5.74, 6) is 2.04. The summed E-state index contributed by atoms with van der Waals surface area (Å²) in [6.07, 6.45) is 10.3. The number of hydrogen-bond donors (Lipinski definition) is 2. The molecular weight excluding hydrogens is 242 g/mol. The van der Waals surface area contributed by atoms with Gasteiger partial charge in [0.05, 0.1) is 6.10 Å². The molecule has 0 amide bonds. The molecule has 2 rings (SSSR count). The van der Waals surface area contributed by atoms with E-state index in [9.17, 15) is 5.11 Å². The van der Waals surface area contributed by atoms with Gasteiger partial charge in [-0.1, -0.05) is 32.6 Å². The minimum Gasteiger partial charge on any atom is -0.392 e. The summed E-state index contributed by atoms with van der Waals surface area (Å²) in [4.78, 5) is 0. The van der Waals surface area contributed by atoms with Crippen LogP contribution in [0.2, 0.25) is 0 Å². The average molecular weight is 271 g/mol. The van der Waals surface area contributed by atoms with E-state index in [0.717, 1.165) is 24.1 Å². The Bertz CT molecular complexity index is 231. The van der Waals surface area contributed by atoms with Gasteiger partial charge in [0.2, 0.25) is 0 Å². The normalized spacial score (nSPS) is 31.0. The zero-order valence-corrected chi connectivity index (χ0v) is 12.6. The summed E-state index contributed by atoms with van der Waals surface area (Å²) in [6.45, 7) is 3.06. The minimum atomic E-state index is -0.119.